The molecule has 3 aliphatic rings. The molecule has 0 saturated carbocycles. The highest BCUT2D eigenvalue weighted by atomic mass is 32.2. The summed E-state index contributed by atoms with van der Waals surface area (Å²) in [5.74, 6) is 0.653. The first kappa shape index (κ1) is 25.7. The van der Waals surface area contributed by atoms with Crippen LogP contribution in [0.2, 0.25) is 0 Å². The molecule has 3 aromatic carbocycles. The minimum atomic E-state index is -4.93. The Morgan fingerprint density at radius 3 is 2.33 bits per heavy atom. The van der Waals surface area contributed by atoms with Crippen LogP contribution in [-0.4, -0.2) is 44.9 Å². The van der Waals surface area contributed by atoms with Gasteiger partial charge < -0.3 is 10.1 Å². The molecule has 0 fully saturated rings. The standard InChI is InChI=1S/C27H24N2O8S2/c1-15(30)28-17-6-8-19-23(13-17)37-27-21-5-3-11-29-10-2-4-16(26(21)29)12-22(27)25(19)20-9-7-18(38(31,32)33)14-24(20)39(34,35)36/h6-9,12-14H,2-5,10-11H2,1H3,(H2,31,32,33,34,35,36)/p+1. The summed E-state index contributed by atoms with van der Waals surface area (Å²) >= 11 is 0. The van der Waals surface area contributed by atoms with E-state index in [9.17, 15) is 30.7 Å². The van der Waals surface area contributed by atoms with Crippen molar-refractivity contribution in [2.45, 2.75) is 42.4 Å². The van der Waals surface area contributed by atoms with Gasteiger partial charge in [0.2, 0.25) is 11.3 Å². The smallest absolute Gasteiger partial charge is 0.295 e. The third-order valence-electron chi connectivity index (χ3n) is 7.32. The van der Waals surface area contributed by atoms with Gasteiger partial charge in [-0.25, -0.2) is 4.58 Å². The number of rotatable bonds is 4. The van der Waals surface area contributed by atoms with Crippen molar-refractivity contribution in [1.82, 2.24) is 4.58 Å². The van der Waals surface area contributed by atoms with Crippen LogP contribution in [0.5, 0.6) is 11.5 Å². The number of carbonyl (C=O) groups excluding carboxylic acids is 1. The number of benzene rings is 3. The zero-order valence-corrected chi connectivity index (χ0v) is 22.5. The average molecular weight is 570 g/mol. The van der Waals surface area contributed by atoms with Crippen LogP contribution < -0.4 is 25.2 Å². The first-order valence-electron chi connectivity index (χ1n) is 12.4. The van der Waals surface area contributed by atoms with E-state index in [1.54, 1.807) is 18.2 Å². The number of hydrogen-bond donors (Lipinski definition) is 3. The van der Waals surface area contributed by atoms with E-state index in [2.05, 4.69) is 9.89 Å². The fraction of sp³-hybridized carbons (Fsp3) is 0.259. The molecule has 3 N–H and O–H groups in total. The van der Waals surface area contributed by atoms with Gasteiger partial charge >= 0.3 is 0 Å². The molecule has 39 heavy (non-hydrogen) atoms. The van der Waals surface area contributed by atoms with Gasteiger partial charge in [0.15, 0.2) is 0 Å². The van der Waals surface area contributed by atoms with Gasteiger partial charge in [-0.05, 0) is 43.2 Å². The zero-order chi connectivity index (χ0) is 27.7. The fourth-order valence-electron chi connectivity index (χ4n) is 5.86. The van der Waals surface area contributed by atoms with E-state index in [-0.39, 0.29) is 11.5 Å². The molecule has 6 rings (SSSR count). The summed E-state index contributed by atoms with van der Waals surface area (Å²) in [5.41, 5.74) is 3.57. The molecule has 0 spiro atoms. The maximum Gasteiger partial charge on any atom is 0.295 e. The summed E-state index contributed by atoms with van der Waals surface area (Å²) in [6, 6.07) is 10.1. The largest absolute Gasteiger partial charge is 0.455 e. The number of anilines is 1. The van der Waals surface area contributed by atoms with E-state index >= 15 is 0 Å². The molecule has 3 aliphatic heterocycles. The second kappa shape index (κ2) is 8.98. The van der Waals surface area contributed by atoms with Gasteiger partial charge in [0, 0.05) is 59.0 Å². The summed E-state index contributed by atoms with van der Waals surface area (Å²) in [6.45, 7) is 3.25. The van der Waals surface area contributed by atoms with Crippen molar-refractivity contribution in [1.29, 1.82) is 0 Å². The van der Waals surface area contributed by atoms with Crippen molar-refractivity contribution in [2.24, 2.45) is 0 Å². The van der Waals surface area contributed by atoms with E-state index in [0.29, 0.717) is 33.5 Å². The highest BCUT2D eigenvalue weighted by Crippen LogP contribution is 2.41. The lowest BCUT2D eigenvalue weighted by Gasteiger charge is -2.27. The number of fused-ring (bicyclic) bond motifs is 3. The predicted molar refractivity (Wildman–Crippen MR) is 142 cm³/mol. The Kier molecular flexibility index (Phi) is 5.92. The van der Waals surface area contributed by atoms with Gasteiger partial charge in [-0.1, -0.05) is 6.07 Å². The molecule has 3 heterocycles. The van der Waals surface area contributed by atoms with E-state index in [4.69, 9.17) is 4.74 Å². The van der Waals surface area contributed by atoms with E-state index in [1.807, 2.05) is 6.07 Å². The predicted octanol–water partition coefficient (Wildman–Crippen LogP) is 1.87. The summed E-state index contributed by atoms with van der Waals surface area (Å²) < 4.78 is 77.3. The molecule has 0 aromatic heterocycles. The van der Waals surface area contributed by atoms with Crippen molar-refractivity contribution >= 4 is 37.4 Å². The van der Waals surface area contributed by atoms with Crippen molar-refractivity contribution in [3.8, 4) is 11.5 Å². The van der Waals surface area contributed by atoms with Crippen molar-refractivity contribution in [3.05, 3.63) is 75.3 Å². The summed E-state index contributed by atoms with van der Waals surface area (Å²) in [5, 5.41) is 4.47. The van der Waals surface area contributed by atoms with Gasteiger partial charge in [0.1, 0.15) is 29.5 Å². The number of nitrogens with zero attached hydrogens (tertiary/aromatic N) is 1. The second-order valence-corrected chi connectivity index (χ2v) is 12.7. The van der Waals surface area contributed by atoms with Crippen LogP contribution in [-0.2, 0) is 37.9 Å². The quantitative estimate of drug-likeness (QED) is 0.249. The molecular weight excluding hydrogens is 544 g/mol. The van der Waals surface area contributed by atoms with Crippen LogP contribution in [0.15, 0.2) is 52.3 Å². The maximum absolute atomic E-state index is 12.6. The minimum absolute atomic E-state index is 0.0543. The van der Waals surface area contributed by atoms with Crippen molar-refractivity contribution in [2.75, 3.05) is 18.4 Å². The van der Waals surface area contributed by atoms with Crippen LogP contribution in [0.4, 0.5) is 5.69 Å². The molecule has 1 amide bonds. The Balaban J connectivity index is 1.76. The van der Waals surface area contributed by atoms with Crippen LogP contribution in [0, 0.1) is 0 Å². The number of hydrogen-bond acceptors (Lipinski definition) is 6. The second-order valence-electron chi connectivity index (χ2n) is 9.91. The number of amides is 1. The lowest BCUT2D eigenvalue weighted by Crippen LogP contribution is -2.45. The van der Waals surface area contributed by atoms with Crippen LogP contribution in [0.3, 0.4) is 0 Å². The van der Waals surface area contributed by atoms with E-state index < -0.39 is 30.0 Å². The normalized spacial score (nSPS) is 16.1. The van der Waals surface area contributed by atoms with E-state index in [1.165, 1.54) is 13.0 Å². The summed E-state index contributed by atoms with van der Waals surface area (Å²) in [4.78, 5) is 10.4. The van der Waals surface area contributed by atoms with Crippen LogP contribution in [0.1, 0.15) is 42.0 Å². The molecule has 0 unspecified atom stereocenters. The van der Waals surface area contributed by atoms with Crippen LogP contribution in [0.25, 0.3) is 5.57 Å². The van der Waals surface area contributed by atoms with Gasteiger partial charge in [-0.15, -0.1) is 0 Å². The molecule has 0 saturated heterocycles. The minimum Gasteiger partial charge on any atom is -0.455 e. The van der Waals surface area contributed by atoms with Crippen molar-refractivity contribution < 1.29 is 35.5 Å². The van der Waals surface area contributed by atoms with Gasteiger partial charge in [-0.2, -0.15) is 16.8 Å². The highest BCUT2D eigenvalue weighted by molar-refractivity contribution is 7.86. The SMILES string of the molecule is CC(=O)Nc1ccc2c(c1)Oc1c3c4c(cc1=C2c1ccc(S(=O)(=O)O)cc1S(=O)(=O)O)CCC[N+]=4CCC3. The summed E-state index contributed by atoms with van der Waals surface area (Å²) in [6.07, 6.45) is 3.47. The summed E-state index contributed by atoms with van der Waals surface area (Å²) in [7, 11) is -9.68. The van der Waals surface area contributed by atoms with Crippen LogP contribution >= 0.6 is 0 Å². The maximum atomic E-state index is 12.6. The zero-order valence-electron chi connectivity index (χ0n) is 20.9. The molecule has 0 atom stereocenters. The lowest BCUT2D eigenvalue weighted by atomic mass is 9.87. The molecule has 10 nitrogen and oxygen atoms in total. The van der Waals surface area contributed by atoms with Gasteiger partial charge in [0.25, 0.3) is 20.2 Å². The van der Waals surface area contributed by atoms with E-state index in [0.717, 1.165) is 67.4 Å². The number of carbonyl (C=O) groups is 1. The first-order valence-corrected chi connectivity index (χ1v) is 15.3. The topological polar surface area (TPSA) is 150 Å². The number of aryl methyl sites for hydroxylation is 1. The third-order valence-corrected chi connectivity index (χ3v) is 9.07. The average Bonchev–Trinajstić information content (AvgIpc) is 2.86. The lowest BCUT2D eigenvalue weighted by molar-refractivity contribution is -0.114. The molecular formula is C27H25N2O8S2+. The van der Waals surface area contributed by atoms with Crippen molar-refractivity contribution in [3.63, 3.8) is 0 Å². The third kappa shape index (κ3) is 4.42. The number of nitrogens with one attached hydrogen (secondary N) is 1. The Morgan fingerprint density at radius 2 is 1.64 bits per heavy atom. The highest BCUT2D eigenvalue weighted by Gasteiger charge is 2.33. The first-order chi connectivity index (χ1) is 18.4. The molecule has 202 valence electrons. The molecule has 3 aromatic rings. The van der Waals surface area contributed by atoms with Gasteiger partial charge in [0.05, 0.1) is 10.5 Å². The Hall–Kier alpha value is -3.58. The molecule has 0 aliphatic carbocycles. The fourth-order valence-corrected chi connectivity index (χ4v) is 7.16. The Labute approximate surface area is 224 Å². The van der Waals surface area contributed by atoms with Gasteiger partial charge in [-0.3, -0.25) is 13.9 Å². The monoisotopic (exact) mass is 569 g/mol. The molecule has 12 heteroatoms. The number of ether oxygens (including phenoxy) is 1. The Morgan fingerprint density at radius 1 is 0.923 bits per heavy atom. The Bertz CT molecular complexity index is 1940. The molecule has 0 bridgehead atoms. The molecule has 0 radical (unpaired) electrons.